The fourth-order valence-corrected chi connectivity index (χ4v) is 4.49. The van der Waals surface area contributed by atoms with Crippen molar-refractivity contribution in [2.45, 2.75) is 19.4 Å². The molecule has 7 heteroatoms. The quantitative estimate of drug-likeness (QED) is 0.395. The average molecular weight is 490 g/mol. The maximum Gasteiger partial charge on any atom is 0.227 e. The van der Waals surface area contributed by atoms with Crippen LogP contribution in [0.25, 0.3) is 0 Å². The van der Waals surface area contributed by atoms with Crippen molar-refractivity contribution in [1.82, 2.24) is 4.90 Å². The van der Waals surface area contributed by atoms with E-state index in [1.54, 1.807) is 18.2 Å². The summed E-state index contributed by atoms with van der Waals surface area (Å²) in [7, 11) is 0. The van der Waals surface area contributed by atoms with Crippen LogP contribution in [0.2, 0.25) is 15.1 Å². The second-order valence-corrected chi connectivity index (χ2v) is 9.05. The molecule has 0 radical (unpaired) electrons. The van der Waals surface area contributed by atoms with Gasteiger partial charge >= 0.3 is 0 Å². The number of carbonyl (C=O) groups excluding carboxylic acids is 1. The van der Waals surface area contributed by atoms with Gasteiger partial charge in [-0.15, -0.1) is 0 Å². The van der Waals surface area contributed by atoms with Gasteiger partial charge in [0.05, 0.1) is 5.69 Å². The summed E-state index contributed by atoms with van der Waals surface area (Å²) in [6.45, 7) is 2.27. The Morgan fingerprint density at radius 3 is 2.31 bits per heavy atom. The molecule has 1 N–H and O–H groups in total. The molecule has 3 aromatic rings. The molecule has 166 valence electrons. The maximum atomic E-state index is 13.0. The second kappa shape index (κ2) is 10.6. The number of piperidine rings is 1. The second-order valence-electron chi connectivity index (χ2n) is 7.80. The molecule has 0 saturated carbocycles. The van der Waals surface area contributed by atoms with E-state index in [-0.39, 0.29) is 11.8 Å². The minimum Gasteiger partial charge on any atom is -0.455 e. The number of carbonyl (C=O) groups is 1. The van der Waals surface area contributed by atoms with Crippen LogP contribution < -0.4 is 10.1 Å². The van der Waals surface area contributed by atoms with Crippen LogP contribution in [0.4, 0.5) is 5.69 Å². The summed E-state index contributed by atoms with van der Waals surface area (Å²) in [5.74, 6) is 1.13. The number of benzene rings is 3. The van der Waals surface area contributed by atoms with E-state index in [0.29, 0.717) is 38.8 Å². The zero-order valence-corrected chi connectivity index (χ0v) is 19.6. The average Bonchev–Trinajstić information content (AvgIpc) is 2.79. The molecule has 1 heterocycles. The Labute approximate surface area is 203 Å². The third kappa shape index (κ3) is 5.76. The molecule has 1 aliphatic rings. The summed E-state index contributed by atoms with van der Waals surface area (Å²) < 4.78 is 5.95. The van der Waals surface area contributed by atoms with E-state index in [2.05, 4.69) is 10.2 Å². The molecule has 3 aromatic carbocycles. The smallest absolute Gasteiger partial charge is 0.227 e. The Kier molecular flexibility index (Phi) is 7.59. The van der Waals surface area contributed by atoms with Gasteiger partial charge in [-0.25, -0.2) is 0 Å². The summed E-state index contributed by atoms with van der Waals surface area (Å²) in [5, 5.41) is 4.89. The van der Waals surface area contributed by atoms with Crippen LogP contribution in [0.1, 0.15) is 18.4 Å². The van der Waals surface area contributed by atoms with E-state index in [0.717, 1.165) is 31.5 Å². The normalized spacial score (nSPS) is 14.8. The molecular weight excluding hydrogens is 467 g/mol. The number of hydrogen-bond donors (Lipinski definition) is 1. The van der Waals surface area contributed by atoms with Crippen LogP contribution in [0, 0.1) is 5.92 Å². The topological polar surface area (TPSA) is 41.6 Å². The molecule has 0 aromatic heterocycles. The number of hydrogen-bond acceptors (Lipinski definition) is 3. The van der Waals surface area contributed by atoms with Gasteiger partial charge in [-0.05, 0) is 68.4 Å². The maximum absolute atomic E-state index is 13.0. The molecule has 0 atom stereocenters. The van der Waals surface area contributed by atoms with Gasteiger partial charge in [-0.3, -0.25) is 9.69 Å². The zero-order valence-electron chi connectivity index (χ0n) is 17.4. The largest absolute Gasteiger partial charge is 0.455 e. The van der Waals surface area contributed by atoms with Gasteiger partial charge in [0.15, 0.2) is 5.75 Å². The lowest BCUT2D eigenvalue weighted by Crippen LogP contribution is -2.37. The monoisotopic (exact) mass is 488 g/mol. The molecule has 1 saturated heterocycles. The number of ether oxygens (including phenoxy) is 1. The summed E-state index contributed by atoms with van der Waals surface area (Å²) in [6.07, 6.45) is 1.51. The fourth-order valence-electron chi connectivity index (χ4n) is 3.80. The van der Waals surface area contributed by atoms with Crippen molar-refractivity contribution in [3.05, 3.63) is 87.4 Å². The van der Waals surface area contributed by atoms with Crippen LogP contribution in [-0.2, 0) is 11.3 Å². The van der Waals surface area contributed by atoms with Crippen LogP contribution in [0.3, 0.4) is 0 Å². The number of nitrogens with one attached hydrogen (secondary N) is 1. The first-order chi connectivity index (χ1) is 15.5. The Bertz CT molecular complexity index is 1060. The number of para-hydroxylation sites is 1. The predicted molar refractivity (Wildman–Crippen MR) is 131 cm³/mol. The lowest BCUT2D eigenvalue weighted by atomic mass is 9.95. The molecule has 4 rings (SSSR count). The van der Waals surface area contributed by atoms with Gasteiger partial charge < -0.3 is 10.1 Å². The van der Waals surface area contributed by atoms with Crippen molar-refractivity contribution >= 4 is 46.4 Å². The molecule has 0 unspecified atom stereocenters. The Balaban J connectivity index is 1.37. The van der Waals surface area contributed by atoms with Crippen molar-refractivity contribution in [1.29, 1.82) is 0 Å². The number of amides is 1. The first-order valence-corrected chi connectivity index (χ1v) is 11.6. The molecular formula is C25H23Cl3N2O2. The Morgan fingerprint density at radius 1 is 0.938 bits per heavy atom. The summed E-state index contributed by atoms with van der Waals surface area (Å²) in [5.41, 5.74) is 1.50. The van der Waals surface area contributed by atoms with Gasteiger partial charge in [0, 0.05) is 33.1 Å². The van der Waals surface area contributed by atoms with Crippen LogP contribution in [0.15, 0.2) is 66.7 Å². The summed E-state index contributed by atoms with van der Waals surface area (Å²) >= 11 is 18.8. The number of anilines is 1. The molecule has 32 heavy (non-hydrogen) atoms. The van der Waals surface area contributed by atoms with Crippen LogP contribution in [0.5, 0.6) is 11.5 Å². The molecule has 1 aliphatic heterocycles. The molecule has 0 bridgehead atoms. The molecule has 0 spiro atoms. The zero-order chi connectivity index (χ0) is 22.5. The SMILES string of the molecule is O=C(Nc1cc(Cl)ccc1Oc1ccccc1)C1CCN(Cc2c(Cl)cccc2Cl)CC1. The lowest BCUT2D eigenvalue weighted by Gasteiger charge is -2.31. The summed E-state index contributed by atoms with van der Waals surface area (Å²) in [6, 6.07) is 20.2. The highest BCUT2D eigenvalue weighted by atomic mass is 35.5. The van der Waals surface area contributed by atoms with Crippen molar-refractivity contribution in [2.24, 2.45) is 5.92 Å². The standard InChI is InChI=1S/C25H23Cl3N2O2/c26-18-9-10-24(32-19-5-2-1-3-6-19)23(15-18)29-25(31)17-11-13-30(14-12-17)16-20-21(27)7-4-8-22(20)28/h1-10,15,17H,11-14,16H2,(H,29,31). The number of likely N-dealkylation sites (tertiary alicyclic amines) is 1. The van der Waals surface area contributed by atoms with Gasteiger partial charge in [-0.2, -0.15) is 0 Å². The molecule has 4 nitrogen and oxygen atoms in total. The number of nitrogens with zero attached hydrogens (tertiary/aromatic N) is 1. The van der Waals surface area contributed by atoms with E-state index in [9.17, 15) is 4.79 Å². The van der Waals surface area contributed by atoms with E-state index < -0.39 is 0 Å². The number of rotatable bonds is 6. The first kappa shape index (κ1) is 22.9. The van der Waals surface area contributed by atoms with Gasteiger partial charge in [-0.1, -0.05) is 59.1 Å². The molecule has 0 aliphatic carbocycles. The van der Waals surface area contributed by atoms with Crippen molar-refractivity contribution in [3.63, 3.8) is 0 Å². The highest BCUT2D eigenvalue weighted by Gasteiger charge is 2.26. The van der Waals surface area contributed by atoms with Crippen LogP contribution in [-0.4, -0.2) is 23.9 Å². The van der Waals surface area contributed by atoms with E-state index >= 15 is 0 Å². The van der Waals surface area contributed by atoms with E-state index in [1.165, 1.54) is 0 Å². The van der Waals surface area contributed by atoms with Crippen molar-refractivity contribution in [3.8, 4) is 11.5 Å². The van der Waals surface area contributed by atoms with E-state index in [4.69, 9.17) is 39.5 Å². The highest BCUT2D eigenvalue weighted by Crippen LogP contribution is 2.33. The fraction of sp³-hybridized carbons (Fsp3) is 0.240. The minimum absolute atomic E-state index is 0.0272. The third-order valence-corrected chi connectivity index (χ3v) is 6.52. The Morgan fingerprint density at radius 2 is 1.62 bits per heavy atom. The summed E-state index contributed by atoms with van der Waals surface area (Å²) in [4.78, 5) is 15.3. The third-order valence-electron chi connectivity index (χ3n) is 5.57. The molecule has 1 amide bonds. The first-order valence-electron chi connectivity index (χ1n) is 10.5. The predicted octanol–water partition coefficient (Wildman–Crippen LogP) is 7.29. The van der Waals surface area contributed by atoms with Gasteiger partial charge in [0.1, 0.15) is 5.75 Å². The van der Waals surface area contributed by atoms with Gasteiger partial charge in [0.25, 0.3) is 0 Å². The lowest BCUT2D eigenvalue weighted by molar-refractivity contribution is -0.121. The minimum atomic E-state index is -0.0866. The van der Waals surface area contributed by atoms with Crippen molar-refractivity contribution < 1.29 is 9.53 Å². The Hall–Kier alpha value is -2.24. The van der Waals surface area contributed by atoms with Crippen molar-refractivity contribution in [2.75, 3.05) is 18.4 Å². The highest BCUT2D eigenvalue weighted by molar-refractivity contribution is 6.36. The van der Waals surface area contributed by atoms with Gasteiger partial charge in [0.2, 0.25) is 5.91 Å². The molecule has 1 fully saturated rings. The van der Waals surface area contributed by atoms with Crippen LogP contribution >= 0.6 is 34.8 Å². The number of halogens is 3. The van der Waals surface area contributed by atoms with E-state index in [1.807, 2.05) is 48.5 Å².